The van der Waals surface area contributed by atoms with E-state index >= 15 is 0 Å². The Kier molecular flexibility index (Phi) is 4.18. The molecule has 0 nitrogen and oxygen atoms in total. The summed E-state index contributed by atoms with van der Waals surface area (Å²) in [5.41, 5.74) is 0.994. The first-order valence-electron chi connectivity index (χ1n) is 5.82. The van der Waals surface area contributed by atoms with Gasteiger partial charge >= 0.3 is 0 Å². The topological polar surface area (TPSA) is 0 Å². The third-order valence-corrected chi connectivity index (χ3v) is 5.96. The van der Waals surface area contributed by atoms with E-state index in [0.29, 0.717) is 0 Å². The summed E-state index contributed by atoms with van der Waals surface area (Å²) in [6.07, 6.45) is 0. The molecule has 0 radical (unpaired) electrons. The van der Waals surface area contributed by atoms with E-state index in [2.05, 4.69) is 31.9 Å². The van der Waals surface area contributed by atoms with Crippen molar-refractivity contribution in [3.05, 3.63) is 67.7 Å². The van der Waals surface area contributed by atoms with Gasteiger partial charge in [-0.25, -0.2) is 4.39 Å². The van der Waals surface area contributed by atoms with Gasteiger partial charge in [0, 0.05) is 18.5 Å². The summed E-state index contributed by atoms with van der Waals surface area (Å²) in [4.78, 5) is 1.01. The van der Waals surface area contributed by atoms with E-state index in [9.17, 15) is 4.39 Å². The number of hydrogen-bond acceptors (Lipinski definition) is 1. The lowest BCUT2D eigenvalue weighted by Gasteiger charge is -2.10. The van der Waals surface area contributed by atoms with E-state index < -0.39 is 0 Å². The molecule has 3 rings (SSSR count). The van der Waals surface area contributed by atoms with Gasteiger partial charge in [-0.2, -0.15) is 0 Å². The maximum Gasteiger partial charge on any atom is 0.124 e. The summed E-state index contributed by atoms with van der Waals surface area (Å²) in [5.74, 6) is -0.222. The van der Waals surface area contributed by atoms with E-state index in [4.69, 9.17) is 11.6 Å². The highest BCUT2D eigenvalue weighted by atomic mass is 79.9. The zero-order chi connectivity index (χ0) is 14.3. The Labute approximate surface area is 141 Å². The average Bonchev–Trinajstić information content (AvgIpc) is 2.83. The van der Waals surface area contributed by atoms with E-state index in [-0.39, 0.29) is 11.2 Å². The SMILES string of the molecule is Fc1ccc2cc(C(Cl)c3cc(Br)ccc3Br)sc2c1. The van der Waals surface area contributed by atoms with E-state index in [1.165, 1.54) is 17.4 Å². The second-order valence-electron chi connectivity index (χ2n) is 4.36. The molecular formula is C15H8Br2ClFS. The van der Waals surface area contributed by atoms with Gasteiger partial charge in [-0.05, 0) is 47.3 Å². The van der Waals surface area contributed by atoms with Crippen LogP contribution in [0, 0.1) is 5.82 Å². The monoisotopic (exact) mass is 432 g/mol. The van der Waals surface area contributed by atoms with Crippen molar-refractivity contribution in [2.24, 2.45) is 0 Å². The van der Waals surface area contributed by atoms with Gasteiger partial charge in [0.15, 0.2) is 0 Å². The van der Waals surface area contributed by atoms with Crippen LogP contribution in [0.4, 0.5) is 4.39 Å². The Balaban J connectivity index is 2.07. The molecule has 0 aliphatic heterocycles. The minimum atomic E-state index is -0.262. The highest BCUT2D eigenvalue weighted by Gasteiger charge is 2.17. The summed E-state index contributed by atoms with van der Waals surface area (Å²) in [7, 11) is 0. The van der Waals surface area contributed by atoms with Crippen LogP contribution in [0.1, 0.15) is 15.8 Å². The highest BCUT2D eigenvalue weighted by molar-refractivity contribution is 9.11. The molecule has 0 bridgehead atoms. The van der Waals surface area contributed by atoms with Crippen molar-refractivity contribution in [1.29, 1.82) is 0 Å². The van der Waals surface area contributed by atoms with Gasteiger partial charge in [-0.15, -0.1) is 22.9 Å². The van der Waals surface area contributed by atoms with Crippen molar-refractivity contribution in [2.45, 2.75) is 5.38 Å². The summed E-state index contributed by atoms with van der Waals surface area (Å²) in [6, 6.07) is 12.7. The normalized spacial score (nSPS) is 12.8. The van der Waals surface area contributed by atoms with Crippen molar-refractivity contribution in [3.8, 4) is 0 Å². The minimum absolute atomic E-state index is 0.222. The molecule has 0 aliphatic carbocycles. The second kappa shape index (κ2) is 5.76. The van der Waals surface area contributed by atoms with Crippen molar-refractivity contribution in [1.82, 2.24) is 0 Å². The van der Waals surface area contributed by atoms with Crippen LogP contribution in [0.25, 0.3) is 10.1 Å². The second-order valence-corrected chi connectivity index (χ2v) is 7.68. The molecule has 1 atom stereocenters. The smallest absolute Gasteiger partial charge is 0.124 e. The quantitative estimate of drug-likeness (QED) is 0.385. The summed E-state index contributed by atoms with van der Waals surface area (Å²) in [6.45, 7) is 0. The maximum atomic E-state index is 13.2. The van der Waals surface area contributed by atoms with Crippen LogP contribution in [-0.4, -0.2) is 0 Å². The molecule has 102 valence electrons. The molecule has 0 saturated heterocycles. The van der Waals surface area contributed by atoms with Crippen LogP contribution in [0.5, 0.6) is 0 Å². The molecule has 1 aromatic heterocycles. The lowest BCUT2D eigenvalue weighted by Crippen LogP contribution is -1.91. The average molecular weight is 435 g/mol. The third-order valence-electron chi connectivity index (χ3n) is 2.98. The van der Waals surface area contributed by atoms with Gasteiger partial charge in [0.05, 0.1) is 5.38 Å². The highest BCUT2D eigenvalue weighted by Crippen LogP contribution is 2.40. The molecule has 0 amide bonds. The van der Waals surface area contributed by atoms with Gasteiger partial charge in [-0.3, -0.25) is 0 Å². The van der Waals surface area contributed by atoms with Crippen LogP contribution in [0.15, 0.2) is 51.4 Å². The largest absolute Gasteiger partial charge is 0.207 e. The molecule has 1 heterocycles. The minimum Gasteiger partial charge on any atom is -0.207 e. The number of benzene rings is 2. The Bertz CT molecular complexity index is 785. The molecule has 3 aromatic rings. The fourth-order valence-electron chi connectivity index (χ4n) is 2.01. The van der Waals surface area contributed by atoms with Gasteiger partial charge < -0.3 is 0 Å². The summed E-state index contributed by atoms with van der Waals surface area (Å²) in [5, 5.41) is 0.755. The Morgan fingerprint density at radius 1 is 1.05 bits per heavy atom. The van der Waals surface area contributed by atoms with Crippen LogP contribution < -0.4 is 0 Å². The zero-order valence-electron chi connectivity index (χ0n) is 10.0. The molecular weight excluding hydrogens is 426 g/mol. The van der Waals surface area contributed by atoms with E-state index in [1.807, 2.05) is 24.3 Å². The number of alkyl halides is 1. The van der Waals surface area contributed by atoms with Crippen molar-refractivity contribution in [3.63, 3.8) is 0 Å². The first-order chi connectivity index (χ1) is 9.54. The Hall–Kier alpha value is -0.420. The van der Waals surface area contributed by atoms with Gasteiger partial charge in [0.2, 0.25) is 0 Å². The van der Waals surface area contributed by atoms with E-state index in [1.54, 1.807) is 12.1 Å². The number of fused-ring (bicyclic) bond motifs is 1. The van der Waals surface area contributed by atoms with Gasteiger partial charge in [-0.1, -0.05) is 37.9 Å². The van der Waals surface area contributed by atoms with Crippen molar-refractivity contribution >= 4 is 64.9 Å². The molecule has 0 N–H and O–H groups in total. The molecule has 0 fully saturated rings. The fourth-order valence-corrected chi connectivity index (χ4v) is 4.46. The first-order valence-corrected chi connectivity index (χ1v) is 8.66. The predicted octanol–water partition coefficient (Wildman–Crippen LogP) is 6.89. The third kappa shape index (κ3) is 2.80. The molecule has 20 heavy (non-hydrogen) atoms. The number of rotatable bonds is 2. The lowest BCUT2D eigenvalue weighted by atomic mass is 10.1. The molecule has 0 spiro atoms. The predicted molar refractivity (Wildman–Crippen MR) is 91.3 cm³/mol. The lowest BCUT2D eigenvalue weighted by molar-refractivity contribution is 0.630. The van der Waals surface area contributed by atoms with Crippen LogP contribution in [-0.2, 0) is 0 Å². The van der Waals surface area contributed by atoms with Crippen LogP contribution >= 0.6 is 54.8 Å². The molecule has 1 unspecified atom stereocenters. The van der Waals surface area contributed by atoms with Crippen LogP contribution in [0.2, 0.25) is 0 Å². The maximum absolute atomic E-state index is 13.2. The van der Waals surface area contributed by atoms with Gasteiger partial charge in [0.25, 0.3) is 0 Å². The fraction of sp³-hybridized carbons (Fsp3) is 0.0667. The number of halogens is 4. The van der Waals surface area contributed by atoms with Crippen molar-refractivity contribution < 1.29 is 4.39 Å². The summed E-state index contributed by atoms with van der Waals surface area (Å²) < 4.78 is 16.1. The Morgan fingerprint density at radius 3 is 2.65 bits per heavy atom. The van der Waals surface area contributed by atoms with Crippen LogP contribution in [0.3, 0.4) is 0 Å². The number of thiophene rings is 1. The first kappa shape index (κ1) is 14.5. The number of hydrogen-bond donors (Lipinski definition) is 0. The Morgan fingerprint density at radius 2 is 1.85 bits per heavy atom. The molecule has 5 heteroatoms. The van der Waals surface area contributed by atoms with Crippen molar-refractivity contribution in [2.75, 3.05) is 0 Å². The zero-order valence-corrected chi connectivity index (χ0v) is 14.8. The standard InChI is InChI=1S/C15H8Br2ClFS/c16-9-2-4-12(17)11(6-9)15(18)14-5-8-1-3-10(19)7-13(8)20-14/h1-7,15H. The molecule has 0 saturated carbocycles. The molecule has 2 aromatic carbocycles. The van der Waals surface area contributed by atoms with E-state index in [0.717, 1.165) is 29.5 Å². The van der Waals surface area contributed by atoms with Gasteiger partial charge in [0.1, 0.15) is 5.82 Å². The molecule has 0 aliphatic rings. The summed E-state index contributed by atoms with van der Waals surface area (Å²) >= 11 is 15.1.